The third-order valence-corrected chi connectivity index (χ3v) is 5.70. The van der Waals surface area contributed by atoms with E-state index in [1.807, 2.05) is 50.2 Å². The Hall–Kier alpha value is -3.51. The molecule has 0 aliphatic carbocycles. The highest BCUT2D eigenvalue weighted by molar-refractivity contribution is 6.30. The maximum atomic E-state index is 12.8. The lowest BCUT2D eigenvalue weighted by molar-refractivity contribution is -0.136. The quantitative estimate of drug-likeness (QED) is 0.399. The zero-order chi connectivity index (χ0) is 24.7. The molecule has 0 radical (unpaired) electrons. The monoisotopic (exact) mass is 481 g/mol. The van der Waals surface area contributed by atoms with Gasteiger partial charge < -0.3 is 19.5 Å². The highest BCUT2D eigenvalue weighted by Gasteiger charge is 2.19. The Labute approximate surface area is 204 Å². The highest BCUT2D eigenvalue weighted by atomic mass is 35.5. The second kappa shape index (κ2) is 11.6. The van der Waals surface area contributed by atoms with Gasteiger partial charge >= 0.3 is 12.1 Å². The van der Waals surface area contributed by atoms with E-state index in [0.717, 1.165) is 27.8 Å². The second-order valence-corrected chi connectivity index (χ2v) is 8.40. The Kier molecular flexibility index (Phi) is 8.55. The van der Waals surface area contributed by atoms with Crippen LogP contribution in [0.3, 0.4) is 0 Å². The Bertz CT molecular complexity index is 1160. The number of aryl methyl sites for hydroxylation is 1. The number of nitrogens with zero attached hydrogens (tertiary/aromatic N) is 1. The van der Waals surface area contributed by atoms with E-state index in [0.29, 0.717) is 29.4 Å². The van der Waals surface area contributed by atoms with Crippen LogP contribution in [0.2, 0.25) is 5.02 Å². The number of aliphatic carboxylic acids is 1. The van der Waals surface area contributed by atoms with E-state index in [-0.39, 0.29) is 13.0 Å². The van der Waals surface area contributed by atoms with Gasteiger partial charge in [-0.25, -0.2) is 4.79 Å². The SMILES string of the molecule is CCN(Cc1cc(C)ccc1-c1cc(CC(=O)O)ccc1OC)C(=O)OCc1ccc(Cl)cc1. The standard InChI is InChI=1S/C27H28ClNO5/c1-4-29(27(32)34-17-19-6-9-22(28)10-7-19)16-21-13-18(2)5-11-23(21)24-14-20(15-26(30)31)8-12-25(24)33-3/h5-14H,4,15-17H2,1-3H3,(H,30,31). The Morgan fingerprint density at radius 1 is 0.971 bits per heavy atom. The molecule has 1 N–H and O–H groups in total. The summed E-state index contributed by atoms with van der Waals surface area (Å²) in [7, 11) is 1.58. The first-order chi connectivity index (χ1) is 16.3. The van der Waals surface area contributed by atoms with Crippen molar-refractivity contribution in [3.05, 3.63) is 87.9 Å². The zero-order valence-corrected chi connectivity index (χ0v) is 20.3. The maximum absolute atomic E-state index is 12.8. The summed E-state index contributed by atoms with van der Waals surface area (Å²) in [5.41, 5.74) is 5.14. The summed E-state index contributed by atoms with van der Waals surface area (Å²) in [5.74, 6) is -0.270. The van der Waals surface area contributed by atoms with Crippen LogP contribution in [-0.2, 0) is 29.1 Å². The Balaban J connectivity index is 1.87. The van der Waals surface area contributed by atoms with E-state index >= 15 is 0 Å². The summed E-state index contributed by atoms with van der Waals surface area (Å²) in [5, 5.41) is 9.83. The van der Waals surface area contributed by atoms with Crippen LogP contribution < -0.4 is 4.74 Å². The first kappa shape index (κ1) is 25.1. The molecule has 0 aliphatic heterocycles. The molecule has 0 aromatic heterocycles. The molecular formula is C27H28ClNO5. The van der Waals surface area contributed by atoms with Crippen molar-refractivity contribution < 1.29 is 24.2 Å². The summed E-state index contributed by atoms with van der Waals surface area (Å²) in [6.07, 6.45) is -0.507. The van der Waals surface area contributed by atoms with Gasteiger partial charge in [0.15, 0.2) is 0 Å². The lowest BCUT2D eigenvalue weighted by Gasteiger charge is -2.23. The fourth-order valence-electron chi connectivity index (χ4n) is 3.69. The van der Waals surface area contributed by atoms with Crippen molar-refractivity contribution in [2.45, 2.75) is 33.4 Å². The van der Waals surface area contributed by atoms with Crippen molar-refractivity contribution in [2.24, 2.45) is 0 Å². The summed E-state index contributed by atoms with van der Waals surface area (Å²) in [6.45, 7) is 4.83. The molecule has 7 heteroatoms. The van der Waals surface area contributed by atoms with Gasteiger partial charge in [-0.2, -0.15) is 0 Å². The molecule has 0 fully saturated rings. The summed E-state index contributed by atoms with van der Waals surface area (Å²) < 4.78 is 11.1. The number of rotatable bonds is 9. The predicted octanol–water partition coefficient (Wildman–Crippen LogP) is 6.11. The molecule has 0 atom stereocenters. The van der Waals surface area contributed by atoms with Gasteiger partial charge in [0.1, 0.15) is 12.4 Å². The van der Waals surface area contributed by atoms with Crippen molar-refractivity contribution in [1.29, 1.82) is 0 Å². The van der Waals surface area contributed by atoms with Gasteiger partial charge in [-0.1, -0.05) is 53.6 Å². The average Bonchev–Trinajstić information content (AvgIpc) is 2.81. The number of carbonyl (C=O) groups excluding carboxylic acids is 1. The van der Waals surface area contributed by atoms with E-state index in [4.69, 9.17) is 21.1 Å². The molecule has 34 heavy (non-hydrogen) atoms. The van der Waals surface area contributed by atoms with Crippen LogP contribution in [0.25, 0.3) is 11.1 Å². The number of benzene rings is 3. The summed E-state index contributed by atoms with van der Waals surface area (Å²) >= 11 is 5.92. The minimum atomic E-state index is -0.902. The predicted molar refractivity (Wildman–Crippen MR) is 132 cm³/mol. The summed E-state index contributed by atoms with van der Waals surface area (Å²) in [6, 6.07) is 18.5. The molecular weight excluding hydrogens is 454 g/mol. The topological polar surface area (TPSA) is 76.1 Å². The molecule has 0 unspecified atom stereocenters. The van der Waals surface area contributed by atoms with E-state index in [1.54, 1.807) is 36.3 Å². The number of carbonyl (C=O) groups is 2. The van der Waals surface area contributed by atoms with Gasteiger partial charge in [-0.15, -0.1) is 0 Å². The molecule has 0 saturated carbocycles. The number of carboxylic acid groups (broad SMARTS) is 1. The van der Waals surface area contributed by atoms with Crippen molar-refractivity contribution in [1.82, 2.24) is 4.90 Å². The van der Waals surface area contributed by atoms with E-state index in [2.05, 4.69) is 0 Å². The van der Waals surface area contributed by atoms with E-state index in [1.165, 1.54) is 0 Å². The van der Waals surface area contributed by atoms with Gasteiger partial charge in [0, 0.05) is 23.7 Å². The van der Waals surface area contributed by atoms with Gasteiger partial charge in [-0.05, 0) is 60.4 Å². The third kappa shape index (κ3) is 6.51. The molecule has 0 bridgehead atoms. The summed E-state index contributed by atoms with van der Waals surface area (Å²) in [4.78, 5) is 25.7. The Morgan fingerprint density at radius 2 is 1.68 bits per heavy atom. The van der Waals surface area contributed by atoms with Crippen LogP contribution in [0.1, 0.15) is 29.2 Å². The number of carboxylic acids is 1. The molecule has 3 aromatic carbocycles. The Morgan fingerprint density at radius 3 is 2.32 bits per heavy atom. The molecule has 0 heterocycles. The van der Waals surface area contributed by atoms with Gasteiger partial charge in [0.25, 0.3) is 0 Å². The number of halogens is 1. The average molecular weight is 482 g/mol. The molecule has 6 nitrogen and oxygen atoms in total. The van der Waals surface area contributed by atoms with Crippen LogP contribution in [0.15, 0.2) is 60.7 Å². The molecule has 0 aliphatic rings. The smallest absolute Gasteiger partial charge is 0.410 e. The van der Waals surface area contributed by atoms with Gasteiger partial charge in [0.2, 0.25) is 0 Å². The number of hydrogen-bond acceptors (Lipinski definition) is 4. The van der Waals surface area contributed by atoms with Crippen molar-refractivity contribution >= 4 is 23.7 Å². The van der Waals surface area contributed by atoms with Crippen LogP contribution in [0, 0.1) is 6.92 Å². The number of amides is 1. The van der Waals surface area contributed by atoms with Crippen molar-refractivity contribution in [3.8, 4) is 16.9 Å². The minimum Gasteiger partial charge on any atom is -0.496 e. The van der Waals surface area contributed by atoms with E-state index in [9.17, 15) is 14.7 Å². The van der Waals surface area contributed by atoms with E-state index < -0.39 is 12.1 Å². The van der Waals surface area contributed by atoms with Gasteiger partial charge in [-0.3, -0.25) is 4.79 Å². The van der Waals surface area contributed by atoms with Crippen LogP contribution >= 0.6 is 11.6 Å². The van der Waals surface area contributed by atoms with Crippen molar-refractivity contribution in [3.63, 3.8) is 0 Å². The van der Waals surface area contributed by atoms with Crippen LogP contribution in [0.4, 0.5) is 4.79 Å². The molecule has 178 valence electrons. The first-order valence-corrected chi connectivity index (χ1v) is 11.3. The minimum absolute atomic E-state index is 0.0870. The van der Waals surface area contributed by atoms with Crippen LogP contribution in [0.5, 0.6) is 5.75 Å². The maximum Gasteiger partial charge on any atom is 0.410 e. The number of methoxy groups -OCH3 is 1. The third-order valence-electron chi connectivity index (χ3n) is 5.45. The first-order valence-electron chi connectivity index (χ1n) is 11.0. The fourth-order valence-corrected chi connectivity index (χ4v) is 3.82. The lowest BCUT2D eigenvalue weighted by atomic mass is 9.94. The lowest BCUT2D eigenvalue weighted by Crippen LogP contribution is -2.31. The molecule has 1 amide bonds. The molecule has 0 spiro atoms. The normalized spacial score (nSPS) is 10.6. The zero-order valence-electron chi connectivity index (χ0n) is 19.5. The molecule has 3 aromatic rings. The molecule has 3 rings (SSSR count). The van der Waals surface area contributed by atoms with Gasteiger partial charge in [0.05, 0.1) is 13.5 Å². The second-order valence-electron chi connectivity index (χ2n) is 7.96. The number of hydrogen-bond donors (Lipinski definition) is 1. The van der Waals surface area contributed by atoms with Crippen molar-refractivity contribution in [2.75, 3.05) is 13.7 Å². The van der Waals surface area contributed by atoms with Crippen LogP contribution in [-0.4, -0.2) is 35.7 Å². The number of ether oxygens (including phenoxy) is 2. The molecule has 0 saturated heterocycles. The highest BCUT2D eigenvalue weighted by Crippen LogP contribution is 2.34. The fraction of sp³-hybridized carbons (Fsp3) is 0.259. The largest absolute Gasteiger partial charge is 0.496 e.